The van der Waals surface area contributed by atoms with E-state index in [1.165, 1.54) is 26.5 Å². The zero-order valence-electron chi connectivity index (χ0n) is 12.0. The largest absolute Gasteiger partial charge is 0.507 e. The fourth-order valence-electron chi connectivity index (χ4n) is 1.57. The van der Waals surface area contributed by atoms with Gasteiger partial charge in [0, 0.05) is 18.6 Å². The molecule has 1 rings (SSSR count). The van der Waals surface area contributed by atoms with E-state index in [1.54, 1.807) is 6.07 Å². The Bertz CT molecular complexity index is 486. The van der Waals surface area contributed by atoms with Crippen molar-refractivity contribution in [2.45, 2.75) is 26.2 Å². The number of methoxy groups -OCH3 is 2. The predicted octanol–water partition coefficient (Wildman–Crippen LogP) is 2.05. The fourth-order valence-corrected chi connectivity index (χ4v) is 1.57. The fraction of sp³-hybridized carbons (Fsp3) is 0.429. The molecule has 0 bridgehead atoms. The number of rotatable bonds is 7. The van der Waals surface area contributed by atoms with Crippen molar-refractivity contribution in [1.29, 1.82) is 0 Å². The normalized spacial score (nSPS) is 10.6. The number of nitrogens with one attached hydrogen (secondary N) is 1. The molecule has 110 valence electrons. The molecular formula is C14H20N2O4. The molecule has 0 aliphatic rings. The van der Waals surface area contributed by atoms with Crippen molar-refractivity contribution in [1.82, 2.24) is 5.43 Å². The summed E-state index contributed by atoms with van der Waals surface area (Å²) in [4.78, 5) is 11.4. The molecule has 6 heteroatoms. The molecule has 1 aromatic carbocycles. The molecule has 0 aliphatic carbocycles. The SMILES string of the molecule is CCCCC(=O)N/N=C\c1c(O)cc(OC)cc1OC. The van der Waals surface area contributed by atoms with Gasteiger partial charge in [0.25, 0.3) is 0 Å². The Morgan fingerprint density at radius 3 is 2.75 bits per heavy atom. The molecule has 0 saturated carbocycles. The van der Waals surface area contributed by atoms with Crippen LogP contribution in [-0.2, 0) is 4.79 Å². The van der Waals surface area contributed by atoms with Gasteiger partial charge >= 0.3 is 0 Å². The van der Waals surface area contributed by atoms with E-state index in [-0.39, 0.29) is 11.7 Å². The van der Waals surface area contributed by atoms with E-state index in [0.717, 1.165) is 12.8 Å². The van der Waals surface area contributed by atoms with Gasteiger partial charge in [0.15, 0.2) is 0 Å². The highest BCUT2D eigenvalue weighted by Crippen LogP contribution is 2.31. The summed E-state index contributed by atoms with van der Waals surface area (Å²) in [6.07, 6.45) is 3.54. The van der Waals surface area contributed by atoms with Crippen molar-refractivity contribution in [3.05, 3.63) is 17.7 Å². The first-order chi connectivity index (χ1) is 9.62. The Balaban J connectivity index is 2.78. The van der Waals surface area contributed by atoms with Gasteiger partial charge in [0.1, 0.15) is 17.2 Å². The van der Waals surface area contributed by atoms with Crippen LogP contribution in [0.1, 0.15) is 31.7 Å². The van der Waals surface area contributed by atoms with Gasteiger partial charge in [-0.15, -0.1) is 0 Å². The van der Waals surface area contributed by atoms with Crippen LogP contribution in [0.5, 0.6) is 17.2 Å². The quantitative estimate of drug-likeness (QED) is 0.591. The highest BCUT2D eigenvalue weighted by molar-refractivity contribution is 5.88. The van der Waals surface area contributed by atoms with Gasteiger partial charge < -0.3 is 14.6 Å². The monoisotopic (exact) mass is 280 g/mol. The zero-order chi connectivity index (χ0) is 15.0. The molecule has 0 atom stereocenters. The van der Waals surface area contributed by atoms with Crippen molar-refractivity contribution in [2.24, 2.45) is 5.10 Å². The predicted molar refractivity (Wildman–Crippen MR) is 76.5 cm³/mol. The van der Waals surface area contributed by atoms with E-state index in [2.05, 4.69) is 10.5 Å². The minimum absolute atomic E-state index is 0.0345. The topological polar surface area (TPSA) is 80.2 Å². The molecule has 1 aromatic rings. The molecule has 0 spiro atoms. The molecule has 0 radical (unpaired) electrons. The second-order valence-electron chi connectivity index (χ2n) is 4.16. The first-order valence-corrected chi connectivity index (χ1v) is 6.39. The van der Waals surface area contributed by atoms with E-state index in [9.17, 15) is 9.90 Å². The minimum Gasteiger partial charge on any atom is -0.507 e. The van der Waals surface area contributed by atoms with E-state index >= 15 is 0 Å². The van der Waals surface area contributed by atoms with Crippen LogP contribution in [-0.4, -0.2) is 31.4 Å². The Labute approximate surface area is 118 Å². The molecule has 0 fully saturated rings. The second kappa shape index (κ2) is 8.04. The maximum absolute atomic E-state index is 11.4. The van der Waals surface area contributed by atoms with Crippen molar-refractivity contribution < 1.29 is 19.4 Å². The summed E-state index contributed by atoms with van der Waals surface area (Å²) in [5.41, 5.74) is 2.78. The number of aromatic hydroxyl groups is 1. The number of phenols is 1. The van der Waals surface area contributed by atoms with Crippen LogP contribution in [0.2, 0.25) is 0 Å². The van der Waals surface area contributed by atoms with Crippen molar-refractivity contribution in [2.75, 3.05) is 14.2 Å². The number of carbonyl (C=O) groups excluding carboxylic acids is 1. The standard InChI is InChI=1S/C14H20N2O4/c1-4-5-6-14(18)16-15-9-11-12(17)7-10(19-2)8-13(11)20-3/h7-9,17H,4-6H2,1-3H3,(H,16,18)/b15-9-. The number of hydrogen-bond acceptors (Lipinski definition) is 5. The zero-order valence-corrected chi connectivity index (χ0v) is 12.0. The van der Waals surface area contributed by atoms with Gasteiger partial charge in [-0.25, -0.2) is 5.43 Å². The van der Waals surface area contributed by atoms with Gasteiger partial charge in [-0.1, -0.05) is 13.3 Å². The van der Waals surface area contributed by atoms with Crippen LogP contribution >= 0.6 is 0 Å². The van der Waals surface area contributed by atoms with Gasteiger partial charge in [-0.05, 0) is 6.42 Å². The number of carbonyl (C=O) groups is 1. The van der Waals surface area contributed by atoms with E-state index in [4.69, 9.17) is 9.47 Å². The summed E-state index contributed by atoms with van der Waals surface area (Å²) in [5.74, 6) is 0.694. The molecule has 0 aromatic heterocycles. The maximum atomic E-state index is 11.4. The van der Waals surface area contributed by atoms with Crippen LogP contribution in [0.15, 0.2) is 17.2 Å². The summed E-state index contributed by atoms with van der Waals surface area (Å²) < 4.78 is 10.2. The first kappa shape index (κ1) is 15.8. The Hall–Kier alpha value is -2.24. The van der Waals surface area contributed by atoms with Gasteiger partial charge in [-0.3, -0.25) is 4.79 Å². The van der Waals surface area contributed by atoms with Crippen LogP contribution in [0.25, 0.3) is 0 Å². The van der Waals surface area contributed by atoms with Gasteiger partial charge in [0.2, 0.25) is 5.91 Å². The number of ether oxygens (including phenoxy) is 2. The molecule has 0 saturated heterocycles. The van der Waals surface area contributed by atoms with Crippen molar-refractivity contribution >= 4 is 12.1 Å². The van der Waals surface area contributed by atoms with E-state index < -0.39 is 0 Å². The third kappa shape index (κ3) is 4.46. The van der Waals surface area contributed by atoms with E-state index in [1.807, 2.05) is 6.92 Å². The van der Waals surface area contributed by atoms with Crippen LogP contribution in [0, 0.1) is 0 Å². The average Bonchev–Trinajstić information content (AvgIpc) is 2.46. The highest BCUT2D eigenvalue weighted by atomic mass is 16.5. The molecule has 6 nitrogen and oxygen atoms in total. The second-order valence-corrected chi connectivity index (χ2v) is 4.16. The third-order valence-corrected chi connectivity index (χ3v) is 2.69. The number of phenolic OH excluding ortho intramolecular Hbond substituents is 1. The average molecular weight is 280 g/mol. The lowest BCUT2D eigenvalue weighted by Crippen LogP contribution is -2.16. The number of amides is 1. The lowest BCUT2D eigenvalue weighted by atomic mass is 10.2. The maximum Gasteiger partial charge on any atom is 0.240 e. The summed E-state index contributed by atoms with van der Waals surface area (Å²) in [6.45, 7) is 2.01. The number of hydrazone groups is 1. The molecule has 0 aliphatic heterocycles. The van der Waals surface area contributed by atoms with Crippen LogP contribution in [0.3, 0.4) is 0 Å². The van der Waals surface area contributed by atoms with Crippen LogP contribution < -0.4 is 14.9 Å². The molecule has 20 heavy (non-hydrogen) atoms. The number of hydrogen-bond donors (Lipinski definition) is 2. The lowest BCUT2D eigenvalue weighted by molar-refractivity contribution is -0.121. The molecule has 1 amide bonds. The summed E-state index contributed by atoms with van der Waals surface area (Å²) in [7, 11) is 2.97. The molecule has 2 N–H and O–H groups in total. The Kier molecular flexibility index (Phi) is 6.36. The number of benzene rings is 1. The van der Waals surface area contributed by atoms with Crippen molar-refractivity contribution in [3.63, 3.8) is 0 Å². The molecule has 0 heterocycles. The summed E-state index contributed by atoms with van der Waals surface area (Å²) >= 11 is 0. The number of unbranched alkanes of at least 4 members (excludes halogenated alkanes) is 1. The minimum atomic E-state index is -0.157. The van der Waals surface area contributed by atoms with Crippen molar-refractivity contribution in [3.8, 4) is 17.2 Å². The smallest absolute Gasteiger partial charge is 0.240 e. The van der Waals surface area contributed by atoms with Crippen LogP contribution in [0.4, 0.5) is 0 Å². The lowest BCUT2D eigenvalue weighted by Gasteiger charge is -2.09. The number of nitrogens with zero attached hydrogens (tertiary/aromatic N) is 1. The highest BCUT2D eigenvalue weighted by Gasteiger charge is 2.10. The molecular weight excluding hydrogens is 260 g/mol. The molecule has 0 unspecified atom stereocenters. The third-order valence-electron chi connectivity index (χ3n) is 2.69. The summed E-state index contributed by atoms with van der Waals surface area (Å²) in [5, 5.41) is 13.7. The Morgan fingerprint density at radius 1 is 1.40 bits per heavy atom. The van der Waals surface area contributed by atoms with Gasteiger partial charge in [0.05, 0.1) is 26.0 Å². The van der Waals surface area contributed by atoms with Gasteiger partial charge in [-0.2, -0.15) is 5.10 Å². The van der Waals surface area contributed by atoms with E-state index in [0.29, 0.717) is 23.5 Å². The Morgan fingerprint density at radius 2 is 2.15 bits per heavy atom. The first-order valence-electron chi connectivity index (χ1n) is 6.39. The summed E-state index contributed by atoms with van der Waals surface area (Å²) in [6, 6.07) is 3.07.